The molecule has 2 heterocycles. The summed E-state index contributed by atoms with van der Waals surface area (Å²) in [5.41, 5.74) is 7.37. The van der Waals surface area contributed by atoms with E-state index in [1.165, 1.54) is 7.05 Å². The zero-order valence-corrected chi connectivity index (χ0v) is 18.4. The number of hydrogen-bond donors (Lipinski definition) is 2. The van der Waals surface area contributed by atoms with Crippen LogP contribution in [0.15, 0.2) is 33.8 Å². The van der Waals surface area contributed by atoms with Gasteiger partial charge in [-0.15, -0.1) is 0 Å². The molecule has 10 nitrogen and oxygen atoms in total. The largest absolute Gasteiger partial charge is 0.539 e. The molecular formula is C21H19N7O3S. The molecule has 0 fully saturated rings. The molecular weight excluding hydrogens is 430 g/mol. The normalized spacial score (nSPS) is 10.6. The number of benzene rings is 1. The monoisotopic (exact) mass is 449 g/mol. The number of hydrogen-bond acceptors (Lipinski definition) is 9. The Morgan fingerprint density at radius 2 is 1.94 bits per heavy atom. The number of nitrogen functional groups attached to an aromatic ring is 1. The minimum atomic E-state index is -0.829. The van der Waals surface area contributed by atoms with Crippen molar-refractivity contribution in [2.45, 2.75) is 24.8 Å². The second-order valence-electron chi connectivity index (χ2n) is 7.10. The zero-order valence-electron chi connectivity index (χ0n) is 17.5. The summed E-state index contributed by atoms with van der Waals surface area (Å²) >= 11 is 0.966. The number of rotatable bonds is 6. The molecule has 0 bridgehead atoms. The van der Waals surface area contributed by atoms with Crippen molar-refractivity contribution < 1.29 is 19.1 Å². The molecule has 0 atom stereocenters. The molecule has 162 valence electrons. The van der Waals surface area contributed by atoms with Gasteiger partial charge in [0.15, 0.2) is 13.0 Å². The molecule has 0 aliphatic rings. The number of aryl methyl sites for hydroxylation is 1. The fourth-order valence-electron chi connectivity index (χ4n) is 3.00. The van der Waals surface area contributed by atoms with Crippen LogP contribution in [-0.4, -0.2) is 21.9 Å². The predicted octanol–water partition coefficient (Wildman–Crippen LogP) is 1.81. The third kappa shape index (κ3) is 4.48. The predicted molar refractivity (Wildman–Crippen MR) is 114 cm³/mol. The SMILES string of the molecule is CC(C)c1ccc(NC(=O)CSc2nc(N)c(C#N)c(-c3c([O-])on[n+]3C)c2C#N)cc1. The Labute approximate surface area is 188 Å². The van der Waals surface area contributed by atoms with Crippen molar-refractivity contribution >= 4 is 29.2 Å². The van der Waals surface area contributed by atoms with E-state index in [9.17, 15) is 20.4 Å². The fraction of sp³-hybridized carbons (Fsp3) is 0.238. The number of anilines is 2. The summed E-state index contributed by atoms with van der Waals surface area (Å²) in [5.74, 6) is -1.01. The summed E-state index contributed by atoms with van der Waals surface area (Å²) in [5, 5.41) is 37.8. The summed E-state index contributed by atoms with van der Waals surface area (Å²) in [4.78, 5) is 16.5. The van der Waals surface area contributed by atoms with E-state index in [1.54, 1.807) is 0 Å². The Morgan fingerprint density at radius 1 is 1.28 bits per heavy atom. The highest BCUT2D eigenvalue weighted by molar-refractivity contribution is 8.00. The first-order valence-electron chi connectivity index (χ1n) is 9.46. The molecule has 1 aromatic carbocycles. The van der Waals surface area contributed by atoms with E-state index < -0.39 is 5.95 Å². The molecule has 0 saturated carbocycles. The maximum atomic E-state index is 12.4. The quantitative estimate of drug-likeness (QED) is 0.421. The Kier molecular flexibility index (Phi) is 6.61. The molecule has 0 radical (unpaired) electrons. The molecule has 2 aromatic heterocycles. The lowest BCUT2D eigenvalue weighted by molar-refractivity contribution is -0.730. The van der Waals surface area contributed by atoms with Crippen molar-refractivity contribution in [3.05, 3.63) is 41.0 Å². The summed E-state index contributed by atoms with van der Waals surface area (Å²) in [6, 6.07) is 11.3. The lowest BCUT2D eigenvalue weighted by Crippen LogP contribution is -2.32. The van der Waals surface area contributed by atoms with Crippen molar-refractivity contribution in [3.63, 3.8) is 0 Å². The molecule has 11 heteroatoms. The number of thioether (sulfide) groups is 1. The van der Waals surface area contributed by atoms with E-state index in [0.717, 1.165) is 22.0 Å². The first kappa shape index (κ1) is 22.6. The van der Waals surface area contributed by atoms with Crippen molar-refractivity contribution in [2.24, 2.45) is 7.05 Å². The summed E-state index contributed by atoms with van der Waals surface area (Å²) in [7, 11) is 1.43. The van der Waals surface area contributed by atoms with Crippen molar-refractivity contribution in [3.8, 4) is 29.3 Å². The Morgan fingerprint density at radius 3 is 2.47 bits per heavy atom. The second-order valence-corrected chi connectivity index (χ2v) is 8.06. The summed E-state index contributed by atoms with van der Waals surface area (Å²) in [6.07, 6.45) is 0. The van der Waals surface area contributed by atoms with Gasteiger partial charge in [0.1, 0.15) is 28.5 Å². The Hall–Kier alpha value is -4.09. The number of nitrogens with one attached hydrogen (secondary N) is 1. The lowest BCUT2D eigenvalue weighted by atomic mass is 10.0. The third-order valence-corrected chi connectivity index (χ3v) is 5.59. The van der Waals surface area contributed by atoms with Gasteiger partial charge >= 0.3 is 0 Å². The van der Waals surface area contributed by atoms with Crippen LogP contribution in [0.5, 0.6) is 5.95 Å². The van der Waals surface area contributed by atoms with Crippen LogP contribution in [0.4, 0.5) is 11.5 Å². The van der Waals surface area contributed by atoms with Crippen LogP contribution >= 0.6 is 11.8 Å². The third-order valence-electron chi connectivity index (χ3n) is 4.62. The second kappa shape index (κ2) is 9.37. The zero-order chi connectivity index (χ0) is 23.4. The van der Waals surface area contributed by atoms with Gasteiger partial charge in [-0.25, -0.2) is 4.98 Å². The van der Waals surface area contributed by atoms with E-state index in [1.807, 2.05) is 36.4 Å². The number of carbonyl (C=O) groups excluding carboxylic acids is 1. The Bertz CT molecular complexity index is 1230. The lowest BCUT2D eigenvalue weighted by Gasteiger charge is -2.11. The number of aromatic nitrogens is 3. The standard InChI is InChI=1S/C21H19N7O3S/c1-11(2)12-4-6-13(7-5-12)25-16(29)10-32-20-15(9-23)17(14(8-22)19(24)26-20)18-21(30)31-27-28(18)3/h4-7,11H,10H2,1-3H3,(H3-,24,25,26,27,29,30). The highest BCUT2D eigenvalue weighted by Gasteiger charge is 2.29. The average Bonchev–Trinajstić information content (AvgIpc) is 3.09. The first-order chi connectivity index (χ1) is 15.3. The maximum Gasteiger partial charge on any atom is 0.266 e. The van der Waals surface area contributed by atoms with Gasteiger partial charge in [-0.05, 0) is 23.6 Å². The number of nitrogens with zero attached hydrogens (tertiary/aromatic N) is 5. The number of pyridine rings is 1. The van der Waals surface area contributed by atoms with E-state index >= 15 is 0 Å². The van der Waals surface area contributed by atoms with Gasteiger partial charge in [-0.2, -0.15) is 10.5 Å². The van der Waals surface area contributed by atoms with Crippen molar-refractivity contribution in [1.82, 2.24) is 10.3 Å². The minimum Gasteiger partial charge on any atom is -0.539 e. The van der Waals surface area contributed by atoms with Crippen molar-refractivity contribution in [1.29, 1.82) is 10.5 Å². The van der Waals surface area contributed by atoms with Gasteiger partial charge in [0.05, 0.1) is 22.2 Å². The molecule has 3 rings (SSSR count). The van der Waals surface area contributed by atoms with E-state index in [-0.39, 0.29) is 44.9 Å². The molecule has 3 N–H and O–H groups in total. The topological polar surface area (TPSA) is 169 Å². The van der Waals surface area contributed by atoms with Gasteiger partial charge in [0.2, 0.25) is 5.91 Å². The smallest absolute Gasteiger partial charge is 0.266 e. The maximum absolute atomic E-state index is 12.4. The average molecular weight is 449 g/mol. The Balaban J connectivity index is 1.88. The van der Waals surface area contributed by atoms with Crippen molar-refractivity contribution in [2.75, 3.05) is 16.8 Å². The van der Waals surface area contributed by atoms with Gasteiger partial charge < -0.3 is 20.7 Å². The van der Waals surface area contributed by atoms with Crippen LogP contribution in [0.25, 0.3) is 11.3 Å². The van der Waals surface area contributed by atoms with Crippen LogP contribution in [-0.2, 0) is 11.8 Å². The van der Waals surface area contributed by atoms with Crippen LogP contribution in [0.1, 0.15) is 36.5 Å². The molecule has 0 aliphatic carbocycles. The number of nitrogens with two attached hydrogens (primary N) is 1. The van der Waals surface area contributed by atoms with Gasteiger partial charge in [0.25, 0.3) is 5.69 Å². The van der Waals surface area contributed by atoms with E-state index in [2.05, 4.69) is 33.9 Å². The highest BCUT2D eigenvalue weighted by Crippen LogP contribution is 2.36. The number of nitriles is 2. The molecule has 1 amide bonds. The molecule has 0 aliphatic heterocycles. The summed E-state index contributed by atoms with van der Waals surface area (Å²) < 4.78 is 5.73. The van der Waals surface area contributed by atoms with Crippen LogP contribution in [0.2, 0.25) is 0 Å². The molecule has 32 heavy (non-hydrogen) atoms. The molecule has 0 spiro atoms. The van der Waals surface area contributed by atoms with Crippen LogP contribution < -0.4 is 20.8 Å². The molecule has 0 unspecified atom stereocenters. The highest BCUT2D eigenvalue weighted by atomic mass is 32.2. The summed E-state index contributed by atoms with van der Waals surface area (Å²) in [6.45, 7) is 4.16. The first-order valence-corrected chi connectivity index (χ1v) is 10.4. The van der Waals surface area contributed by atoms with E-state index in [4.69, 9.17) is 5.73 Å². The van der Waals surface area contributed by atoms with Crippen LogP contribution in [0, 0.1) is 22.7 Å². The number of carbonyl (C=O) groups is 1. The fourth-order valence-corrected chi connectivity index (χ4v) is 3.79. The van der Waals surface area contributed by atoms with Gasteiger partial charge in [-0.1, -0.05) is 42.4 Å². The minimum absolute atomic E-state index is 0.0246. The van der Waals surface area contributed by atoms with Crippen LogP contribution in [0.3, 0.4) is 0 Å². The van der Waals surface area contributed by atoms with Gasteiger partial charge in [0, 0.05) is 5.69 Å². The number of amides is 1. The molecule has 3 aromatic rings. The van der Waals surface area contributed by atoms with Gasteiger partial charge in [-0.3, -0.25) is 4.79 Å². The molecule has 0 saturated heterocycles. The van der Waals surface area contributed by atoms with E-state index in [0.29, 0.717) is 11.6 Å².